The molecular weight excluding hydrogens is 409 g/mol. The molecule has 0 aliphatic rings. The highest BCUT2D eigenvalue weighted by Gasteiger charge is 2.11. The van der Waals surface area contributed by atoms with E-state index in [2.05, 4.69) is 5.32 Å². The highest BCUT2D eigenvalue weighted by atomic mass is 35.5. The maximum Gasteiger partial charge on any atom is 0.161 e. The van der Waals surface area contributed by atoms with E-state index in [1.54, 1.807) is 25.3 Å². The topological polar surface area (TPSA) is 50.7 Å². The number of nitrogens with one attached hydrogen (secondary N) is 1. The Labute approximate surface area is 181 Å². The van der Waals surface area contributed by atoms with Crippen molar-refractivity contribution in [2.45, 2.75) is 19.3 Å². The van der Waals surface area contributed by atoms with Crippen LogP contribution in [0.2, 0.25) is 10.0 Å². The molecule has 3 rings (SSSR count). The Bertz CT molecular complexity index is 914. The third-order valence-corrected chi connectivity index (χ3v) is 5.22. The molecule has 3 aromatic carbocycles. The lowest BCUT2D eigenvalue weighted by atomic mass is 10.1. The van der Waals surface area contributed by atoms with Gasteiger partial charge in [-0.1, -0.05) is 65.7 Å². The monoisotopic (exact) mass is 431 g/mol. The number of aliphatic hydroxyl groups excluding tert-OH is 1. The molecule has 0 aliphatic carbocycles. The van der Waals surface area contributed by atoms with Gasteiger partial charge in [0, 0.05) is 28.7 Å². The summed E-state index contributed by atoms with van der Waals surface area (Å²) in [7, 11) is 1.60. The van der Waals surface area contributed by atoms with E-state index in [9.17, 15) is 5.11 Å². The molecule has 0 aromatic heterocycles. The number of benzene rings is 3. The number of ether oxygens (including phenoxy) is 2. The van der Waals surface area contributed by atoms with Gasteiger partial charge < -0.3 is 19.9 Å². The van der Waals surface area contributed by atoms with Crippen LogP contribution in [0.15, 0.2) is 66.7 Å². The second-order valence-corrected chi connectivity index (χ2v) is 7.35. The first-order valence-electron chi connectivity index (χ1n) is 9.25. The van der Waals surface area contributed by atoms with Crippen LogP contribution in [0.4, 0.5) is 0 Å². The van der Waals surface area contributed by atoms with Gasteiger partial charge in [-0.25, -0.2) is 0 Å². The standard InChI is InChI=1S/C23H23Cl2NO3/c1-28-23-12-16(13-26-14-21(27)17-6-3-2-4-7-17)10-11-22(23)29-15-18-19(24)8-5-9-20(18)25/h2-12,21,26-27H,13-15H2,1H3. The molecule has 0 saturated carbocycles. The highest BCUT2D eigenvalue weighted by Crippen LogP contribution is 2.31. The van der Waals surface area contributed by atoms with Crippen LogP contribution >= 0.6 is 23.2 Å². The van der Waals surface area contributed by atoms with Crippen LogP contribution in [0.3, 0.4) is 0 Å². The number of methoxy groups -OCH3 is 1. The van der Waals surface area contributed by atoms with Crippen LogP contribution in [0.1, 0.15) is 22.8 Å². The van der Waals surface area contributed by atoms with Crippen LogP contribution in [-0.2, 0) is 13.2 Å². The minimum Gasteiger partial charge on any atom is -0.493 e. The van der Waals surface area contributed by atoms with E-state index in [1.165, 1.54) is 0 Å². The number of hydrogen-bond acceptors (Lipinski definition) is 4. The van der Waals surface area contributed by atoms with Gasteiger partial charge in [0.05, 0.1) is 13.2 Å². The van der Waals surface area contributed by atoms with Crippen molar-refractivity contribution in [1.29, 1.82) is 0 Å². The van der Waals surface area contributed by atoms with E-state index >= 15 is 0 Å². The fraction of sp³-hybridized carbons (Fsp3) is 0.217. The Morgan fingerprint density at radius 3 is 2.34 bits per heavy atom. The summed E-state index contributed by atoms with van der Waals surface area (Å²) in [6.07, 6.45) is -0.555. The zero-order chi connectivity index (χ0) is 20.6. The minimum atomic E-state index is -0.555. The fourth-order valence-corrected chi connectivity index (χ4v) is 3.41. The van der Waals surface area contributed by atoms with Crippen LogP contribution in [-0.4, -0.2) is 18.8 Å². The molecule has 0 radical (unpaired) electrons. The molecule has 0 saturated heterocycles. The van der Waals surface area contributed by atoms with E-state index in [-0.39, 0.29) is 6.61 Å². The predicted molar refractivity (Wildman–Crippen MR) is 117 cm³/mol. The van der Waals surface area contributed by atoms with Crippen LogP contribution in [0, 0.1) is 0 Å². The van der Waals surface area contributed by atoms with E-state index < -0.39 is 6.10 Å². The molecular formula is C23H23Cl2NO3. The largest absolute Gasteiger partial charge is 0.493 e. The summed E-state index contributed by atoms with van der Waals surface area (Å²) in [5.41, 5.74) is 2.64. The molecule has 0 spiro atoms. The van der Waals surface area contributed by atoms with E-state index in [1.807, 2.05) is 48.5 Å². The summed E-state index contributed by atoms with van der Waals surface area (Å²) in [5.74, 6) is 1.23. The number of halogens is 2. The Hall–Kier alpha value is -2.24. The van der Waals surface area contributed by atoms with Gasteiger partial charge in [-0.05, 0) is 35.4 Å². The first kappa shape index (κ1) is 21.5. The third kappa shape index (κ3) is 5.87. The molecule has 1 unspecified atom stereocenters. The zero-order valence-electron chi connectivity index (χ0n) is 16.1. The van der Waals surface area contributed by atoms with Gasteiger partial charge >= 0.3 is 0 Å². The molecule has 4 nitrogen and oxygen atoms in total. The Balaban J connectivity index is 1.58. The lowest BCUT2D eigenvalue weighted by molar-refractivity contribution is 0.174. The van der Waals surface area contributed by atoms with Gasteiger partial charge in [0.1, 0.15) is 6.61 Å². The fourth-order valence-electron chi connectivity index (χ4n) is 2.91. The summed E-state index contributed by atoms with van der Waals surface area (Å²) in [6.45, 7) is 1.29. The Morgan fingerprint density at radius 2 is 1.66 bits per heavy atom. The third-order valence-electron chi connectivity index (χ3n) is 4.51. The molecule has 152 valence electrons. The Kier molecular flexibility index (Phi) is 7.78. The van der Waals surface area contributed by atoms with Gasteiger partial charge in [-0.2, -0.15) is 0 Å². The second kappa shape index (κ2) is 10.5. The summed E-state index contributed by atoms with van der Waals surface area (Å²) < 4.78 is 11.3. The first-order valence-corrected chi connectivity index (χ1v) is 10.0. The molecule has 0 amide bonds. The minimum absolute atomic E-state index is 0.246. The zero-order valence-corrected chi connectivity index (χ0v) is 17.6. The van der Waals surface area contributed by atoms with Crippen molar-refractivity contribution in [3.8, 4) is 11.5 Å². The van der Waals surface area contributed by atoms with Crippen LogP contribution < -0.4 is 14.8 Å². The van der Waals surface area contributed by atoms with Crippen molar-refractivity contribution in [2.24, 2.45) is 0 Å². The molecule has 0 fully saturated rings. The van der Waals surface area contributed by atoms with Gasteiger partial charge in [0.25, 0.3) is 0 Å². The molecule has 29 heavy (non-hydrogen) atoms. The SMILES string of the molecule is COc1cc(CNCC(O)c2ccccc2)ccc1OCc1c(Cl)cccc1Cl. The predicted octanol–water partition coefficient (Wildman–Crippen LogP) is 5.40. The maximum absolute atomic E-state index is 10.2. The van der Waals surface area contributed by atoms with Gasteiger partial charge in [-0.15, -0.1) is 0 Å². The van der Waals surface area contributed by atoms with Gasteiger partial charge in [0.2, 0.25) is 0 Å². The number of aliphatic hydroxyl groups is 1. The van der Waals surface area contributed by atoms with E-state index in [4.69, 9.17) is 32.7 Å². The van der Waals surface area contributed by atoms with Crippen LogP contribution in [0.5, 0.6) is 11.5 Å². The quantitative estimate of drug-likeness (QED) is 0.475. The normalized spacial score (nSPS) is 11.9. The first-order chi connectivity index (χ1) is 14.1. The average Bonchev–Trinajstić information content (AvgIpc) is 2.74. The molecule has 2 N–H and O–H groups in total. The van der Waals surface area contributed by atoms with Crippen molar-refractivity contribution in [3.05, 3.63) is 93.5 Å². The van der Waals surface area contributed by atoms with E-state index in [0.717, 1.165) is 16.7 Å². The molecule has 1 atom stereocenters. The molecule has 0 aliphatic heterocycles. The lowest BCUT2D eigenvalue weighted by Gasteiger charge is -2.15. The summed E-state index contributed by atoms with van der Waals surface area (Å²) in [5, 5.41) is 14.6. The smallest absolute Gasteiger partial charge is 0.161 e. The van der Waals surface area contributed by atoms with Crippen molar-refractivity contribution < 1.29 is 14.6 Å². The maximum atomic E-state index is 10.2. The lowest BCUT2D eigenvalue weighted by Crippen LogP contribution is -2.21. The number of rotatable bonds is 9. The van der Waals surface area contributed by atoms with Crippen LogP contribution in [0.25, 0.3) is 0 Å². The molecule has 0 bridgehead atoms. The van der Waals surface area contributed by atoms with E-state index in [0.29, 0.717) is 34.6 Å². The van der Waals surface area contributed by atoms with Gasteiger partial charge in [-0.3, -0.25) is 0 Å². The summed E-state index contributed by atoms with van der Waals surface area (Å²) in [4.78, 5) is 0. The van der Waals surface area contributed by atoms with Crippen molar-refractivity contribution in [2.75, 3.05) is 13.7 Å². The summed E-state index contributed by atoms with van der Waals surface area (Å²) in [6, 6.07) is 20.7. The second-order valence-electron chi connectivity index (χ2n) is 6.53. The Morgan fingerprint density at radius 1 is 0.931 bits per heavy atom. The van der Waals surface area contributed by atoms with Crippen molar-refractivity contribution in [3.63, 3.8) is 0 Å². The van der Waals surface area contributed by atoms with Crippen molar-refractivity contribution in [1.82, 2.24) is 5.32 Å². The highest BCUT2D eigenvalue weighted by molar-refractivity contribution is 6.35. The molecule has 0 heterocycles. The average molecular weight is 432 g/mol. The number of hydrogen-bond donors (Lipinski definition) is 2. The molecule has 3 aromatic rings. The summed E-state index contributed by atoms with van der Waals surface area (Å²) >= 11 is 12.4. The van der Waals surface area contributed by atoms with Crippen molar-refractivity contribution >= 4 is 23.2 Å². The van der Waals surface area contributed by atoms with Gasteiger partial charge in [0.15, 0.2) is 11.5 Å². The molecule has 6 heteroatoms.